The molecule has 0 aliphatic carbocycles. The molecule has 1 unspecified atom stereocenters. The van der Waals surface area contributed by atoms with Crippen molar-refractivity contribution in [2.45, 2.75) is 95.6 Å². The van der Waals surface area contributed by atoms with Crippen LogP contribution in [0.2, 0.25) is 0 Å². The summed E-state index contributed by atoms with van der Waals surface area (Å²) in [6.45, 7) is 10.2. The Morgan fingerprint density at radius 2 is 1.82 bits per heavy atom. The first-order valence-electron chi connectivity index (χ1n) is 18.5. The van der Waals surface area contributed by atoms with Crippen LogP contribution in [-0.4, -0.2) is 91.6 Å². The summed E-state index contributed by atoms with van der Waals surface area (Å²) in [5.41, 5.74) is 4.66. The minimum absolute atomic E-state index is 0.0281. The summed E-state index contributed by atoms with van der Waals surface area (Å²) in [4.78, 5) is 70.7. The van der Waals surface area contributed by atoms with Gasteiger partial charge in [0.2, 0.25) is 15.6 Å². The van der Waals surface area contributed by atoms with Crippen molar-refractivity contribution in [2.75, 3.05) is 20.3 Å². The number of benzene rings is 1. The van der Waals surface area contributed by atoms with E-state index in [1.807, 2.05) is 30.3 Å². The van der Waals surface area contributed by atoms with Gasteiger partial charge < -0.3 is 24.8 Å². The molecule has 4 atom stereocenters. The van der Waals surface area contributed by atoms with Gasteiger partial charge in [0.15, 0.2) is 0 Å². The summed E-state index contributed by atoms with van der Waals surface area (Å²) in [5, 5.41) is 12.0. The molecule has 1 fully saturated rings. The maximum absolute atomic E-state index is 14.0. The average Bonchev–Trinajstić information content (AvgIpc) is 3.66. The molecule has 4 rings (SSSR count). The summed E-state index contributed by atoms with van der Waals surface area (Å²) in [6.07, 6.45) is 7.03. The Morgan fingerprint density at radius 3 is 2.46 bits per heavy atom. The van der Waals surface area contributed by atoms with Gasteiger partial charge in [-0.3, -0.25) is 33.7 Å². The summed E-state index contributed by atoms with van der Waals surface area (Å²) < 4.78 is 15.6. The Balaban J connectivity index is 1.51. The number of alkyl halides is 3. The molecule has 310 valence electrons. The number of rotatable bonds is 16. The van der Waals surface area contributed by atoms with Crippen LogP contribution < -0.4 is 16.1 Å². The van der Waals surface area contributed by atoms with Gasteiger partial charge in [-0.1, -0.05) is 66.9 Å². The van der Waals surface area contributed by atoms with Crippen molar-refractivity contribution in [3.63, 3.8) is 0 Å². The van der Waals surface area contributed by atoms with E-state index in [-0.39, 0.29) is 19.0 Å². The van der Waals surface area contributed by atoms with Gasteiger partial charge in [-0.15, -0.1) is 0 Å². The number of aromatic nitrogens is 3. The number of hydrogen-bond donors (Lipinski definition) is 3. The fourth-order valence-electron chi connectivity index (χ4n) is 6.06. The van der Waals surface area contributed by atoms with Crippen LogP contribution in [0.1, 0.15) is 77.3 Å². The van der Waals surface area contributed by atoms with Crippen LogP contribution in [0.5, 0.6) is 0 Å². The highest BCUT2D eigenvalue weighted by atomic mass is 35.6. The molecule has 1 aromatic carbocycles. The molecule has 57 heavy (non-hydrogen) atoms. The van der Waals surface area contributed by atoms with Gasteiger partial charge in [-0.05, 0) is 74.9 Å². The molecule has 0 bridgehead atoms. The number of esters is 2. The van der Waals surface area contributed by atoms with E-state index in [4.69, 9.17) is 54.0 Å². The zero-order chi connectivity index (χ0) is 42.1. The van der Waals surface area contributed by atoms with Crippen LogP contribution in [0, 0.1) is 11.3 Å². The number of hydrazine groups is 1. The third-order valence-electron chi connectivity index (χ3n) is 9.19. The standard InChI is InChI=1S/C39H50Cl3N7O8/c1-23(2)33(34(51)45-32(20-48-16-9-15-43-48)35(52)49-17-8-10-30(47-49)36(53)56-22-39(40,41)42)46-37(54)38(5,6)14-13-26-19-31-27(18-28(26)21-55-7)11-12-29(44-31)24(3)57-25(4)50/h9,11-16,18-19,23-24,30,32-33,47H,8,10,17,20-22H2,1-7H3,(H,45,51)(H,46,54)/b14-13+/t24-,30+,32?,33+/m1/s1. The third kappa shape index (κ3) is 13.1. The smallest absolute Gasteiger partial charge is 0.325 e. The number of carbonyl (C=O) groups is 5. The number of halogens is 3. The van der Waals surface area contributed by atoms with Gasteiger partial charge >= 0.3 is 11.9 Å². The Bertz CT molecular complexity index is 1930. The van der Waals surface area contributed by atoms with E-state index in [0.717, 1.165) is 16.5 Å². The number of pyridine rings is 1. The lowest BCUT2D eigenvalue weighted by Crippen LogP contribution is -2.62. The molecule has 2 aromatic heterocycles. The van der Waals surface area contributed by atoms with Gasteiger partial charge in [-0.2, -0.15) is 5.10 Å². The molecule has 3 amide bonds. The molecule has 0 saturated carbocycles. The van der Waals surface area contributed by atoms with Crippen LogP contribution in [0.15, 0.2) is 48.8 Å². The molecule has 1 aliphatic rings. The second-order valence-corrected chi connectivity index (χ2v) is 17.3. The minimum Gasteiger partial charge on any atom is -0.460 e. The van der Waals surface area contributed by atoms with Gasteiger partial charge in [0.25, 0.3) is 5.91 Å². The first-order chi connectivity index (χ1) is 26.8. The van der Waals surface area contributed by atoms with E-state index in [1.165, 1.54) is 16.6 Å². The predicted molar refractivity (Wildman–Crippen MR) is 215 cm³/mol. The molecule has 3 N–H and O–H groups in total. The Hall–Kier alpha value is -4.28. The van der Waals surface area contributed by atoms with E-state index < -0.39 is 69.7 Å². The van der Waals surface area contributed by atoms with Crippen molar-refractivity contribution in [2.24, 2.45) is 11.3 Å². The van der Waals surface area contributed by atoms with E-state index in [1.54, 1.807) is 66.3 Å². The maximum Gasteiger partial charge on any atom is 0.325 e. The highest BCUT2D eigenvalue weighted by Crippen LogP contribution is 2.28. The van der Waals surface area contributed by atoms with E-state index in [2.05, 4.69) is 21.2 Å². The average molecular weight is 851 g/mol. The molecule has 18 heteroatoms. The van der Waals surface area contributed by atoms with Crippen molar-refractivity contribution < 1.29 is 38.2 Å². The van der Waals surface area contributed by atoms with E-state index in [9.17, 15) is 24.0 Å². The lowest BCUT2D eigenvalue weighted by Gasteiger charge is -2.35. The van der Waals surface area contributed by atoms with Crippen molar-refractivity contribution in [3.05, 3.63) is 65.6 Å². The topological polar surface area (TPSA) is 183 Å². The molecule has 1 saturated heterocycles. The summed E-state index contributed by atoms with van der Waals surface area (Å²) in [5.74, 6) is -3.02. The van der Waals surface area contributed by atoms with Crippen LogP contribution in [0.4, 0.5) is 0 Å². The number of nitrogens with zero attached hydrogens (tertiary/aromatic N) is 4. The largest absolute Gasteiger partial charge is 0.460 e. The first kappa shape index (κ1) is 45.4. The molecular formula is C39H50Cl3N7O8. The molecule has 0 spiro atoms. The van der Waals surface area contributed by atoms with Crippen LogP contribution in [0.3, 0.4) is 0 Å². The summed E-state index contributed by atoms with van der Waals surface area (Å²) in [6, 6.07) is 6.18. The molecular weight excluding hydrogens is 801 g/mol. The lowest BCUT2D eigenvalue weighted by molar-refractivity contribution is -0.153. The highest BCUT2D eigenvalue weighted by Gasteiger charge is 2.37. The fraction of sp³-hybridized carbons (Fsp3) is 0.513. The number of ether oxygens (including phenoxy) is 3. The Kier molecular flexibility index (Phi) is 15.9. The van der Waals surface area contributed by atoms with Crippen molar-refractivity contribution in [3.8, 4) is 0 Å². The molecule has 3 aromatic rings. The Morgan fingerprint density at radius 1 is 1.09 bits per heavy atom. The van der Waals surface area contributed by atoms with E-state index in [0.29, 0.717) is 30.7 Å². The predicted octanol–water partition coefficient (Wildman–Crippen LogP) is 4.98. The van der Waals surface area contributed by atoms with Gasteiger partial charge in [0, 0.05) is 38.4 Å². The SMILES string of the molecule is COCc1cc2ccc([C@@H](C)OC(C)=O)nc2cc1/C=C/C(C)(C)C(=O)N[C@H](C(=O)NC(Cn1cccn1)C(=O)N1CCC[C@@H](C(=O)OCC(Cl)(Cl)Cl)N1)C(C)C. The number of carbonyl (C=O) groups excluding carboxylic acids is 5. The number of nitrogens with one attached hydrogen (secondary N) is 3. The van der Waals surface area contributed by atoms with Crippen LogP contribution >= 0.6 is 34.8 Å². The molecule has 0 radical (unpaired) electrons. The highest BCUT2D eigenvalue weighted by molar-refractivity contribution is 6.67. The summed E-state index contributed by atoms with van der Waals surface area (Å²) in [7, 11) is 1.59. The van der Waals surface area contributed by atoms with Gasteiger partial charge in [-0.25, -0.2) is 10.4 Å². The lowest BCUT2D eigenvalue weighted by atomic mass is 9.89. The maximum atomic E-state index is 14.0. The minimum atomic E-state index is -1.80. The fourth-order valence-corrected chi connectivity index (χ4v) is 6.22. The molecule has 1 aliphatic heterocycles. The normalized spacial score (nSPS) is 16.6. The monoisotopic (exact) mass is 849 g/mol. The van der Waals surface area contributed by atoms with E-state index >= 15 is 0 Å². The molecule has 15 nitrogen and oxygen atoms in total. The third-order valence-corrected chi connectivity index (χ3v) is 9.52. The Labute approximate surface area is 347 Å². The summed E-state index contributed by atoms with van der Waals surface area (Å²) >= 11 is 17.2. The zero-order valence-corrected chi connectivity index (χ0v) is 35.3. The number of hydrogen-bond acceptors (Lipinski definition) is 11. The number of methoxy groups -OCH3 is 1. The number of amides is 3. The van der Waals surface area contributed by atoms with Gasteiger partial charge in [0.05, 0.1) is 29.8 Å². The molecule has 3 heterocycles. The second-order valence-electron chi connectivity index (χ2n) is 14.7. The quantitative estimate of drug-likeness (QED) is 0.131. The van der Waals surface area contributed by atoms with Crippen molar-refractivity contribution in [1.82, 2.24) is 35.8 Å². The number of fused-ring (bicyclic) bond motifs is 1. The van der Waals surface area contributed by atoms with Crippen LogP contribution in [0.25, 0.3) is 17.0 Å². The van der Waals surface area contributed by atoms with Crippen molar-refractivity contribution >= 4 is 81.4 Å². The second kappa shape index (κ2) is 19.9. The zero-order valence-electron chi connectivity index (χ0n) is 33.0. The van der Waals surface area contributed by atoms with Crippen molar-refractivity contribution in [1.29, 1.82) is 0 Å². The van der Waals surface area contributed by atoms with Crippen LogP contribution in [-0.2, 0) is 51.3 Å². The first-order valence-corrected chi connectivity index (χ1v) is 19.6. The van der Waals surface area contributed by atoms with Gasteiger partial charge in [0.1, 0.15) is 30.8 Å².